The highest BCUT2D eigenvalue weighted by atomic mass is 16.3. The van der Waals surface area contributed by atoms with E-state index in [1.807, 2.05) is 12.1 Å². The molecule has 0 radical (unpaired) electrons. The molecular weight excluding hydrogens is 368 g/mol. The summed E-state index contributed by atoms with van der Waals surface area (Å²) in [6, 6.07) is 7.19. The van der Waals surface area contributed by atoms with Gasteiger partial charge in [0.15, 0.2) is 0 Å². The SMILES string of the molecule is CC1(C)CN(Cc2coc3ncccc23)c2nc(-c3ccncn3)cc(=O)n2C1. The summed E-state index contributed by atoms with van der Waals surface area (Å²) in [6.45, 7) is 6.26. The second-order valence-corrected chi connectivity index (χ2v) is 8.10. The summed E-state index contributed by atoms with van der Waals surface area (Å²) >= 11 is 0. The lowest BCUT2D eigenvalue weighted by atomic mass is 9.90. The van der Waals surface area contributed by atoms with Crippen LogP contribution < -0.4 is 10.5 Å². The maximum atomic E-state index is 12.9. The van der Waals surface area contributed by atoms with Gasteiger partial charge < -0.3 is 9.32 Å². The first-order chi connectivity index (χ1) is 14.0. The van der Waals surface area contributed by atoms with E-state index in [0.29, 0.717) is 36.1 Å². The topological polar surface area (TPSA) is 89.9 Å². The van der Waals surface area contributed by atoms with Gasteiger partial charge in [0, 0.05) is 54.5 Å². The zero-order valence-corrected chi connectivity index (χ0v) is 16.2. The number of fused-ring (bicyclic) bond motifs is 2. The summed E-state index contributed by atoms with van der Waals surface area (Å²) in [6.07, 6.45) is 6.55. The fourth-order valence-corrected chi connectivity index (χ4v) is 3.90. The van der Waals surface area contributed by atoms with Gasteiger partial charge in [-0.2, -0.15) is 0 Å². The van der Waals surface area contributed by atoms with Crippen molar-refractivity contribution in [2.75, 3.05) is 11.4 Å². The van der Waals surface area contributed by atoms with Crippen LogP contribution in [0.5, 0.6) is 0 Å². The highest BCUT2D eigenvalue weighted by Gasteiger charge is 2.33. The molecule has 29 heavy (non-hydrogen) atoms. The Morgan fingerprint density at radius 2 is 2.03 bits per heavy atom. The monoisotopic (exact) mass is 388 g/mol. The summed E-state index contributed by atoms with van der Waals surface area (Å²) in [7, 11) is 0. The molecule has 8 nitrogen and oxygen atoms in total. The molecule has 0 bridgehead atoms. The van der Waals surface area contributed by atoms with E-state index < -0.39 is 0 Å². The zero-order chi connectivity index (χ0) is 20.0. The summed E-state index contributed by atoms with van der Waals surface area (Å²) in [4.78, 5) is 32.3. The second-order valence-electron chi connectivity index (χ2n) is 8.10. The molecule has 8 heteroatoms. The van der Waals surface area contributed by atoms with Gasteiger partial charge in [0.1, 0.15) is 6.33 Å². The molecule has 146 valence electrons. The van der Waals surface area contributed by atoms with E-state index in [0.717, 1.165) is 17.5 Å². The molecule has 0 atom stereocenters. The van der Waals surface area contributed by atoms with Crippen molar-refractivity contribution in [1.29, 1.82) is 0 Å². The molecule has 0 fully saturated rings. The van der Waals surface area contributed by atoms with E-state index in [2.05, 4.69) is 33.7 Å². The normalized spacial score (nSPS) is 15.4. The van der Waals surface area contributed by atoms with Gasteiger partial charge >= 0.3 is 0 Å². The minimum Gasteiger partial charge on any atom is -0.446 e. The van der Waals surface area contributed by atoms with Crippen LogP contribution in [0.1, 0.15) is 19.4 Å². The Bertz CT molecular complexity index is 1250. The van der Waals surface area contributed by atoms with Crippen molar-refractivity contribution in [3.8, 4) is 11.4 Å². The van der Waals surface area contributed by atoms with Crippen molar-refractivity contribution in [2.24, 2.45) is 5.41 Å². The largest absolute Gasteiger partial charge is 0.446 e. The lowest BCUT2D eigenvalue weighted by molar-refractivity contribution is 0.273. The first-order valence-corrected chi connectivity index (χ1v) is 9.44. The Balaban J connectivity index is 1.62. The van der Waals surface area contributed by atoms with E-state index in [1.54, 1.807) is 35.4 Å². The highest BCUT2D eigenvalue weighted by Crippen LogP contribution is 2.32. The lowest BCUT2D eigenvalue weighted by Crippen LogP contribution is -2.47. The molecule has 0 N–H and O–H groups in total. The molecule has 4 aromatic heterocycles. The fraction of sp³-hybridized carbons (Fsp3) is 0.286. The van der Waals surface area contributed by atoms with Crippen molar-refractivity contribution in [3.63, 3.8) is 0 Å². The van der Waals surface area contributed by atoms with Gasteiger partial charge in [-0.05, 0) is 18.2 Å². The van der Waals surface area contributed by atoms with Gasteiger partial charge in [-0.3, -0.25) is 9.36 Å². The van der Waals surface area contributed by atoms with Gasteiger partial charge in [0.2, 0.25) is 11.7 Å². The number of aromatic nitrogens is 5. The Labute approximate surface area is 166 Å². The smallest absolute Gasteiger partial charge is 0.255 e. The van der Waals surface area contributed by atoms with Crippen LogP contribution in [0.15, 0.2) is 58.5 Å². The Morgan fingerprint density at radius 1 is 1.14 bits per heavy atom. The molecule has 0 amide bonds. The van der Waals surface area contributed by atoms with Gasteiger partial charge in [0.05, 0.1) is 17.7 Å². The van der Waals surface area contributed by atoms with E-state index >= 15 is 0 Å². The Morgan fingerprint density at radius 3 is 2.86 bits per heavy atom. The third-order valence-electron chi connectivity index (χ3n) is 5.11. The summed E-state index contributed by atoms with van der Waals surface area (Å²) < 4.78 is 7.35. The van der Waals surface area contributed by atoms with Crippen molar-refractivity contribution in [2.45, 2.75) is 26.9 Å². The number of nitrogens with zero attached hydrogens (tertiary/aromatic N) is 6. The van der Waals surface area contributed by atoms with Gasteiger partial charge in [-0.25, -0.2) is 19.9 Å². The van der Waals surface area contributed by atoms with Crippen LogP contribution in [-0.2, 0) is 13.1 Å². The molecular formula is C21H20N6O2. The second kappa shape index (κ2) is 6.51. The fourth-order valence-electron chi connectivity index (χ4n) is 3.90. The molecule has 5 rings (SSSR count). The van der Waals surface area contributed by atoms with Crippen molar-refractivity contribution >= 4 is 17.0 Å². The molecule has 5 heterocycles. The number of hydrogen-bond acceptors (Lipinski definition) is 7. The molecule has 0 saturated carbocycles. The average molecular weight is 388 g/mol. The third kappa shape index (κ3) is 3.16. The van der Waals surface area contributed by atoms with Crippen LogP contribution in [0.4, 0.5) is 5.95 Å². The number of anilines is 1. The van der Waals surface area contributed by atoms with Crippen molar-refractivity contribution in [3.05, 3.63) is 65.2 Å². The van der Waals surface area contributed by atoms with E-state index in [4.69, 9.17) is 9.40 Å². The predicted octanol–water partition coefficient (Wildman–Crippen LogP) is 2.89. The molecule has 1 aliphatic rings. The number of hydrogen-bond donors (Lipinski definition) is 0. The lowest BCUT2D eigenvalue weighted by Gasteiger charge is -2.40. The molecule has 4 aromatic rings. The number of rotatable bonds is 3. The first kappa shape index (κ1) is 17.5. The van der Waals surface area contributed by atoms with Crippen LogP contribution in [0.2, 0.25) is 0 Å². The van der Waals surface area contributed by atoms with Crippen LogP contribution in [0.3, 0.4) is 0 Å². The number of furan rings is 1. The van der Waals surface area contributed by atoms with Gasteiger partial charge in [-0.1, -0.05) is 13.8 Å². The highest BCUT2D eigenvalue weighted by molar-refractivity contribution is 5.77. The standard InChI is InChI=1S/C21H20N6O2/c1-21(2)11-26(9-14-10-29-19-15(14)4-3-6-23-19)20-25-17(8-18(28)27(20)12-21)16-5-7-22-13-24-16/h3-8,10,13H,9,11-12H2,1-2H3. The number of pyridine rings is 1. The van der Waals surface area contributed by atoms with Crippen LogP contribution >= 0.6 is 0 Å². The Kier molecular flexibility index (Phi) is 3.94. The molecule has 0 aromatic carbocycles. The summed E-state index contributed by atoms with van der Waals surface area (Å²) in [5, 5.41) is 0.969. The minimum absolute atomic E-state index is 0.0767. The van der Waals surface area contributed by atoms with Gasteiger partial charge in [-0.15, -0.1) is 0 Å². The van der Waals surface area contributed by atoms with Crippen molar-refractivity contribution < 1.29 is 4.42 Å². The maximum absolute atomic E-state index is 12.9. The van der Waals surface area contributed by atoms with Crippen LogP contribution in [-0.4, -0.2) is 31.0 Å². The van der Waals surface area contributed by atoms with E-state index in [1.165, 1.54) is 6.33 Å². The van der Waals surface area contributed by atoms with Crippen molar-refractivity contribution in [1.82, 2.24) is 24.5 Å². The van der Waals surface area contributed by atoms with Crippen LogP contribution in [0, 0.1) is 5.41 Å². The minimum atomic E-state index is -0.0832. The molecule has 0 saturated heterocycles. The molecule has 0 aliphatic carbocycles. The third-order valence-corrected chi connectivity index (χ3v) is 5.11. The average Bonchev–Trinajstić information content (AvgIpc) is 3.12. The quantitative estimate of drug-likeness (QED) is 0.533. The maximum Gasteiger partial charge on any atom is 0.255 e. The molecule has 0 spiro atoms. The van der Waals surface area contributed by atoms with Gasteiger partial charge in [0.25, 0.3) is 5.56 Å². The van der Waals surface area contributed by atoms with E-state index in [9.17, 15) is 4.79 Å². The zero-order valence-electron chi connectivity index (χ0n) is 16.2. The summed E-state index contributed by atoms with van der Waals surface area (Å²) in [5.41, 5.74) is 2.64. The molecule has 0 unspecified atom stereocenters. The van der Waals surface area contributed by atoms with Crippen LogP contribution in [0.25, 0.3) is 22.5 Å². The predicted molar refractivity (Wildman–Crippen MR) is 108 cm³/mol. The Hall–Kier alpha value is -3.55. The molecule has 1 aliphatic heterocycles. The van der Waals surface area contributed by atoms with E-state index in [-0.39, 0.29) is 11.0 Å². The summed E-state index contributed by atoms with van der Waals surface area (Å²) in [5.74, 6) is 0.642. The first-order valence-electron chi connectivity index (χ1n) is 9.44.